The van der Waals surface area contributed by atoms with E-state index in [0.29, 0.717) is 39.3 Å². The Bertz CT molecular complexity index is 877. The summed E-state index contributed by atoms with van der Waals surface area (Å²) in [5.74, 6) is -0.594. The maximum Gasteiger partial charge on any atom is 0.409 e. The van der Waals surface area contributed by atoms with Gasteiger partial charge < -0.3 is 20.3 Å². The van der Waals surface area contributed by atoms with Gasteiger partial charge in [-0.2, -0.15) is 0 Å². The number of carbonyl (C=O) groups is 3. The zero-order chi connectivity index (χ0) is 18.8. The standard InChI is InChI=1S/C16H16ClN3O4S2/c1-18-14(22)12-8-5-6-20(16(23)24-2)7-10(8)26-15(12)19-13(21)9-3-4-11(17)25-9/h3-4H,5-7H2,1-2H3,(H,18,22)(H,19,21). The molecule has 0 fully saturated rings. The minimum atomic E-state index is -0.413. The highest BCUT2D eigenvalue weighted by Gasteiger charge is 2.30. The van der Waals surface area contributed by atoms with Crippen molar-refractivity contribution in [1.82, 2.24) is 10.2 Å². The topological polar surface area (TPSA) is 87.7 Å². The van der Waals surface area contributed by atoms with E-state index in [0.717, 1.165) is 10.4 Å². The van der Waals surface area contributed by atoms with Gasteiger partial charge >= 0.3 is 6.09 Å². The van der Waals surface area contributed by atoms with Crippen LogP contribution in [0.1, 0.15) is 30.5 Å². The Labute approximate surface area is 162 Å². The van der Waals surface area contributed by atoms with Crippen molar-refractivity contribution in [2.45, 2.75) is 13.0 Å². The molecule has 26 heavy (non-hydrogen) atoms. The normalized spacial score (nSPS) is 13.1. The van der Waals surface area contributed by atoms with Crippen LogP contribution in [0.4, 0.5) is 9.80 Å². The van der Waals surface area contributed by atoms with Crippen molar-refractivity contribution in [2.75, 3.05) is 26.0 Å². The fourth-order valence-electron chi connectivity index (χ4n) is 2.74. The average molecular weight is 414 g/mol. The van der Waals surface area contributed by atoms with Crippen molar-refractivity contribution in [3.63, 3.8) is 0 Å². The highest BCUT2D eigenvalue weighted by molar-refractivity contribution is 7.18. The first-order valence-corrected chi connectivity index (χ1v) is 9.72. The van der Waals surface area contributed by atoms with Crippen LogP contribution in [-0.4, -0.2) is 43.5 Å². The lowest BCUT2D eigenvalue weighted by Crippen LogP contribution is -2.35. The number of anilines is 1. The number of methoxy groups -OCH3 is 1. The number of ether oxygens (including phenoxy) is 1. The summed E-state index contributed by atoms with van der Waals surface area (Å²) in [6.07, 6.45) is 0.106. The van der Waals surface area contributed by atoms with Crippen molar-refractivity contribution in [3.8, 4) is 0 Å². The SMILES string of the molecule is CNC(=O)c1c(NC(=O)c2ccc(Cl)s2)sc2c1CCN(C(=O)OC)C2. The second-order valence-electron chi connectivity index (χ2n) is 5.49. The van der Waals surface area contributed by atoms with Gasteiger partial charge in [-0.05, 0) is 24.1 Å². The summed E-state index contributed by atoms with van der Waals surface area (Å²) in [5.41, 5.74) is 1.31. The van der Waals surface area contributed by atoms with Gasteiger partial charge in [-0.15, -0.1) is 22.7 Å². The van der Waals surface area contributed by atoms with Crippen molar-refractivity contribution < 1.29 is 19.1 Å². The molecule has 0 unspecified atom stereocenters. The van der Waals surface area contributed by atoms with E-state index in [1.807, 2.05) is 0 Å². The second-order valence-corrected chi connectivity index (χ2v) is 8.31. The minimum absolute atomic E-state index is 0.270. The van der Waals surface area contributed by atoms with Crippen molar-refractivity contribution in [1.29, 1.82) is 0 Å². The van der Waals surface area contributed by atoms with E-state index < -0.39 is 6.09 Å². The van der Waals surface area contributed by atoms with E-state index in [1.165, 1.54) is 29.8 Å². The first kappa shape index (κ1) is 18.7. The summed E-state index contributed by atoms with van der Waals surface area (Å²) in [6, 6.07) is 3.28. The van der Waals surface area contributed by atoms with Gasteiger partial charge in [0.2, 0.25) is 0 Å². The van der Waals surface area contributed by atoms with E-state index >= 15 is 0 Å². The highest BCUT2D eigenvalue weighted by atomic mass is 35.5. The van der Waals surface area contributed by atoms with Gasteiger partial charge in [-0.3, -0.25) is 9.59 Å². The summed E-state index contributed by atoms with van der Waals surface area (Å²) in [7, 11) is 2.88. The summed E-state index contributed by atoms with van der Waals surface area (Å²) < 4.78 is 5.28. The molecule has 2 N–H and O–H groups in total. The molecule has 3 rings (SSSR count). The van der Waals surface area contributed by atoms with Crippen LogP contribution in [0, 0.1) is 0 Å². The lowest BCUT2D eigenvalue weighted by atomic mass is 10.0. The van der Waals surface area contributed by atoms with Crippen LogP contribution < -0.4 is 10.6 Å². The Hall–Kier alpha value is -2.10. The number of nitrogens with one attached hydrogen (secondary N) is 2. The molecule has 1 aliphatic rings. The van der Waals surface area contributed by atoms with Crippen LogP contribution in [-0.2, 0) is 17.7 Å². The fourth-order valence-corrected chi connectivity index (χ4v) is 4.94. The molecule has 0 saturated carbocycles. The minimum Gasteiger partial charge on any atom is -0.453 e. The first-order valence-electron chi connectivity index (χ1n) is 7.70. The second kappa shape index (κ2) is 7.65. The molecule has 0 atom stereocenters. The molecule has 0 spiro atoms. The molecular weight excluding hydrogens is 398 g/mol. The zero-order valence-corrected chi connectivity index (χ0v) is 16.4. The number of fused-ring (bicyclic) bond motifs is 1. The molecule has 0 bridgehead atoms. The Morgan fingerprint density at radius 1 is 1.23 bits per heavy atom. The zero-order valence-electron chi connectivity index (χ0n) is 14.1. The molecule has 3 amide bonds. The lowest BCUT2D eigenvalue weighted by Gasteiger charge is -2.25. The molecule has 2 aromatic heterocycles. The molecule has 0 radical (unpaired) electrons. The predicted molar refractivity (Wildman–Crippen MR) is 102 cm³/mol. The quantitative estimate of drug-likeness (QED) is 0.808. The number of hydrogen-bond acceptors (Lipinski definition) is 6. The Morgan fingerprint density at radius 2 is 2.00 bits per heavy atom. The van der Waals surface area contributed by atoms with Gasteiger partial charge in [0, 0.05) is 18.5 Å². The average Bonchev–Trinajstić information content (AvgIpc) is 3.22. The van der Waals surface area contributed by atoms with Gasteiger partial charge in [0.15, 0.2) is 0 Å². The monoisotopic (exact) mass is 413 g/mol. The number of thiophene rings is 2. The smallest absolute Gasteiger partial charge is 0.409 e. The van der Waals surface area contributed by atoms with Gasteiger partial charge in [-0.25, -0.2) is 4.79 Å². The van der Waals surface area contributed by atoms with Crippen LogP contribution in [0.25, 0.3) is 0 Å². The van der Waals surface area contributed by atoms with Gasteiger partial charge in [-0.1, -0.05) is 11.6 Å². The number of hydrogen-bond donors (Lipinski definition) is 2. The molecule has 0 aromatic carbocycles. The maximum atomic E-state index is 12.5. The van der Waals surface area contributed by atoms with E-state index in [-0.39, 0.29) is 11.8 Å². The molecular formula is C16H16ClN3O4S2. The third-order valence-corrected chi connectivity index (χ3v) is 6.33. The molecule has 138 valence electrons. The molecule has 3 heterocycles. The number of halogens is 1. The first-order chi connectivity index (χ1) is 12.4. The summed E-state index contributed by atoms with van der Waals surface area (Å²) in [4.78, 5) is 39.5. The Balaban J connectivity index is 1.92. The lowest BCUT2D eigenvalue weighted by molar-refractivity contribution is 0.0962. The van der Waals surface area contributed by atoms with Crippen LogP contribution in [0.2, 0.25) is 4.34 Å². The van der Waals surface area contributed by atoms with Gasteiger partial charge in [0.05, 0.1) is 28.4 Å². The van der Waals surface area contributed by atoms with Crippen molar-refractivity contribution in [2.24, 2.45) is 0 Å². The third-order valence-electron chi connectivity index (χ3n) is 3.97. The van der Waals surface area contributed by atoms with Gasteiger partial charge in [0.1, 0.15) is 5.00 Å². The van der Waals surface area contributed by atoms with Crippen molar-refractivity contribution in [3.05, 3.63) is 37.4 Å². The van der Waals surface area contributed by atoms with Crippen LogP contribution in [0.15, 0.2) is 12.1 Å². The van der Waals surface area contributed by atoms with E-state index in [4.69, 9.17) is 16.3 Å². The van der Waals surface area contributed by atoms with Crippen molar-refractivity contribution >= 4 is 57.2 Å². The van der Waals surface area contributed by atoms with Crippen LogP contribution >= 0.6 is 34.3 Å². The highest BCUT2D eigenvalue weighted by Crippen LogP contribution is 2.38. The fraction of sp³-hybridized carbons (Fsp3) is 0.312. The molecule has 10 heteroatoms. The van der Waals surface area contributed by atoms with Crippen LogP contribution in [0.3, 0.4) is 0 Å². The maximum absolute atomic E-state index is 12.5. The molecule has 1 aliphatic heterocycles. The summed E-state index contributed by atoms with van der Waals surface area (Å²) in [6.45, 7) is 0.797. The number of rotatable bonds is 3. The third kappa shape index (κ3) is 3.55. The van der Waals surface area contributed by atoms with E-state index in [9.17, 15) is 14.4 Å². The Kier molecular flexibility index (Phi) is 5.49. The number of amides is 3. The van der Waals surface area contributed by atoms with Gasteiger partial charge in [0.25, 0.3) is 11.8 Å². The largest absolute Gasteiger partial charge is 0.453 e. The molecule has 7 nitrogen and oxygen atoms in total. The van der Waals surface area contributed by atoms with E-state index in [2.05, 4.69) is 10.6 Å². The molecule has 2 aromatic rings. The van der Waals surface area contributed by atoms with Crippen LogP contribution in [0.5, 0.6) is 0 Å². The van der Waals surface area contributed by atoms with E-state index in [1.54, 1.807) is 24.1 Å². The summed E-state index contributed by atoms with van der Waals surface area (Å²) in [5, 5.41) is 5.89. The number of carbonyl (C=O) groups excluding carboxylic acids is 3. The summed E-state index contributed by atoms with van der Waals surface area (Å²) >= 11 is 8.34. The Morgan fingerprint density at radius 3 is 2.62 bits per heavy atom. The molecule has 0 aliphatic carbocycles. The molecule has 0 saturated heterocycles. The number of nitrogens with zero attached hydrogens (tertiary/aromatic N) is 1. The predicted octanol–water partition coefficient (Wildman–Crippen LogP) is 3.20.